The van der Waals surface area contributed by atoms with Gasteiger partial charge >= 0.3 is 0 Å². The van der Waals surface area contributed by atoms with Crippen molar-refractivity contribution >= 4 is 11.8 Å². The summed E-state index contributed by atoms with van der Waals surface area (Å²) in [6, 6.07) is 12.9. The van der Waals surface area contributed by atoms with Gasteiger partial charge < -0.3 is 14.6 Å². The fourth-order valence-corrected chi connectivity index (χ4v) is 2.84. The lowest BCUT2D eigenvalue weighted by Crippen LogP contribution is -2.42. The number of rotatable bonds is 4. The predicted octanol–water partition coefficient (Wildman–Crippen LogP) is 2.45. The van der Waals surface area contributed by atoms with E-state index in [9.17, 15) is 9.59 Å². The number of carbonyl (C=O) groups is 2. The Labute approximate surface area is 135 Å². The molecule has 1 aliphatic heterocycles. The minimum atomic E-state index is -0.0372. The Morgan fingerprint density at radius 3 is 2.48 bits per heavy atom. The molecule has 2 amide bonds. The third-order valence-corrected chi connectivity index (χ3v) is 4.19. The summed E-state index contributed by atoms with van der Waals surface area (Å²) in [5, 5.41) is 2.89. The van der Waals surface area contributed by atoms with E-state index in [2.05, 4.69) is 5.32 Å². The standard InChI is InChI=1S/C18H20N2O3/c21-17(19-13-16-7-4-12-23-16)14-8-10-20(11-9-14)18(22)15-5-2-1-3-6-15/h1-7,12,14H,8-11,13H2,(H,19,21). The molecular formula is C18H20N2O3. The smallest absolute Gasteiger partial charge is 0.253 e. The molecule has 5 heteroatoms. The summed E-state index contributed by atoms with van der Waals surface area (Å²) < 4.78 is 5.20. The van der Waals surface area contributed by atoms with E-state index in [1.54, 1.807) is 12.3 Å². The summed E-state index contributed by atoms with van der Waals surface area (Å²) in [5.74, 6) is 0.785. The van der Waals surface area contributed by atoms with Gasteiger partial charge in [0.15, 0.2) is 0 Å². The van der Waals surface area contributed by atoms with Crippen molar-refractivity contribution in [3.8, 4) is 0 Å². The maximum Gasteiger partial charge on any atom is 0.253 e. The van der Waals surface area contributed by atoms with Gasteiger partial charge in [-0.2, -0.15) is 0 Å². The van der Waals surface area contributed by atoms with Crippen molar-refractivity contribution in [3.05, 3.63) is 60.1 Å². The monoisotopic (exact) mass is 312 g/mol. The second-order valence-corrected chi connectivity index (χ2v) is 5.73. The molecule has 0 aliphatic carbocycles. The fourth-order valence-electron chi connectivity index (χ4n) is 2.84. The lowest BCUT2D eigenvalue weighted by atomic mass is 9.95. The number of furan rings is 1. The summed E-state index contributed by atoms with van der Waals surface area (Å²) in [7, 11) is 0. The van der Waals surface area contributed by atoms with Gasteiger partial charge in [-0.15, -0.1) is 0 Å². The Kier molecular flexibility index (Phi) is 4.76. The predicted molar refractivity (Wildman–Crippen MR) is 85.6 cm³/mol. The number of likely N-dealkylation sites (tertiary alicyclic amines) is 1. The average Bonchev–Trinajstić information content (AvgIpc) is 3.13. The highest BCUT2D eigenvalue weighted by atomic mass is 16.3. The molecule has 2 aromatic rings. The number of amides is 2. The van der Waals surface area contributed by atoms with Crippen molar-refractivity contribution in [3.63, 3.8) is 0 Å². The van der Waals surface area contributed by atoms with Gasteiger partial charge in [-0.05, 0) is 37.1 Å². The molecule has 0 spiro atoms. The first-order valence-electron chi connectivity index (χ1n) is 7.88. The number of nitrogens with one attached hydrogen (secondary N) is 1. The van der Waals surface area contributed by atoms with Crippen LogP contribution in [-0.2, 0) is 11.3 Å². The molecule has 0 atom stereocenters. The van der Waals surface area contributed by atoms with Gasteiger partial charge in [-0.1, -0.05) is 18.2 Å². The number of hydrogen-bond donors (Lipinski definition) is 1. The van der Waals surface area contributed by atoms with E-state index in [1.807, 2.05) is 41.3 Å². The van der Waals surface area contributed by atoms with E-state index >= 15 is 0 Å². The van der Waals surface area contributed by atoms with Gasteiger partial charge in [0.2, 0.25) is 5.91 Å². The van der Waals surface area contributed by atoms with Crippen LogP contribution in [0.5, 0.6) is 0 Å². The topological polar surface area (TPSA) is 62.6 Å². The zero-order chi connectivity index (χ0) is 16.1. The lowest BCUT2D eigenvalue weighted by molar-refractivity contribution is -0.126. The zero-order valence-corrected chi connectivity index (χ0v) is 12.9. The molecule has 1 fully saturated rings. The highest BCUT2D eigenvalue weighted by Crippen LogP contribution is 2.19. The van der Waals surface area contributed by atoms with Crippen LogP contribution in [-0.4, -0.2) is 29.8 Å². The first-order chi connectivity index (χ1) is 11.2. The molecule has 1 aromatic heterocycles. The van der Waals surface area contributed by atoms with Crippen LogP contribution < -0.4 is 5.32 Å². The molecule has 0 radical (unpaired) electrons. The second kappa shape index (κ2) is 7.13. The Bertz CT molecular complexity index is 644. The van der Waals surface area contributed by atoms with Gasteiger partial charge in [-0.3, -0.25) is 9.59 Å². The molecule has 3 rings (SSSR count). The van der Waals surface area contributed by atoms with Crippen LogP contribution in [0, 0.1) is 5.92 Å². The van der Waals surface area contributed by atoms with Crippen molar-refractivity contribution in [1.82, 2.24) is 10.2 Å². The number of hydrogen-bond acceptors (Lipinski definition) is 3. The molecule has 120 valence electrons. The molecule has 1 saturated heterocycles. The third kappa shape index (κ3) is 3.80. The second-order valence-electron chi connectivity index (χ2n) is 5.73. The van der Waals surface area contributed by atoms with Crippen LogP contribution in [0.3, 0.4) is 0 Å². The molecule has 0 bridgehead atoms. The largest absolute Gasteiger partial charge is 0.467 e. The Morgan fingerprint density at radius 2 is 1.83 bits per heavy atom. The minimum Gasteiger partial charge on any atom is -0.467 e. The van der Waals surface area contributed by atoms with Crippen LogP contribution in [0.4, 0.5) is 0 Å². The molecule has 1 aromatic carbocycles. The van der Waals surface area contributed by atoms with E-state index in [0.717, 1.165) is 5.76 Å². The van der Waals surface area contributed by atoms with Crippen LogP contribution in [0.15, 0.2) is 53.1 Å². The van der Waals surface area contributed by atoms with Gasteiger partial charge in [0, 0.05) is 24.6 Å². The molecular weight excluding hydrogens is 292 g/mol. The lowest BCUT2D eigenvalue weighted by Gasteiger charge is -2.31. The molecule has 23 heavy (non-hydrogen) atoms. The first-order valence-corrected chi connectivity index (χ1v) is 7.88. The summed E-state index contributed by atoms with van der Waals surface area (Å²) in [6.45, 7) is 1.65. The van der Waals surface area contributed by atoms with Crippen molar-refractivity contribution in [2.24, 2.45) is 5.92 Å². The van der Waals surface area contributed by atoms with E-state index in [-0.39, 0.29) is 17.7 Å². The van der Waals surface area contributed by atoms with Gasteiger partial charge in [0.05, 0.1) is 12.8 Å². The summed E-state index contributed by atoms with van der Waals surface area (Å²) in [5.41, 5.74) is 0.702. The number of nitrogens with zero attached hydrogens (tertiary/aromatic N) is 1. The van der Waals surface area contributed by atoms with Crippen LogP contribution in [0.25, 0.3) is 0 Å². The van der Waals surface area contributed by atoms with Crippen molar-refractivity contribution in [2.75, 3.05) is 13.1 Å². The fraction of sp³-hybridized carbons (Fsp3) is 0.333. The highest BCUT2D eigenvalue weighted by molar-refractivity contribution is 5.94. The van der Waals surface area contributed by atoms with Crippen LogP contribution in [0.2, 0.25) is 0 Å². The van der Waals surface area contributed by atoms with E-state index in [1.165, 1.54) is 0 Å². The van der Waals surface area contributed by atoms with Crippen molar-refractivity contribution in [1.29, 1.82) is 0 Å². The molecule has 2 heterocycles. The quantitative estimate of drug-likeness (QED) is 0.943. The first kappa shape index (κ1) is 15.3. The molecule has 1 N–H and O–H groups in total. The van der Waals surface area contributed by atoms with Gasteiger partial charge in [0.1, 0.15) is 5.76 Å². The average molecular weight is 312 g/mol. The maximum absolute atomic E-state index is 12.4. The van der Waals surface area contributed by atoms with E-state index in [0.29, 0.717) is 38.0 Å². The summed E-state index contributed by atoms with van der Waals surface area (Å²) in [6.07, 6.45) is 2.99. The number of carbonyl (C=O) groups excluding carboxylic acids is 2. The van der Waals surface area contributed by atoms with Crippen LogP contribution in [0.1, 0.15) is 29.0 Å². The Morgan fingerprint density at radius 1 is 1.09 bits per heavy atom. The Hall–Kier alpha value is -2.56. The highest BCUT2D eigenvalue weighted by Gasteiger charge is 2.27. The normalized spacial score (nSPS) is 15.4. The minimum absolute atomic E-state index is 0.0354. The van der Waals surface area contributed by atoms with Crippen molar-refractivity contribution < 1.29 is 14.0 Å². The SMILES string of the molecule is O=C(NCc1ccco1)C1CCN(C(=O)c2ccccc2)CC1. The molecule has 0 saturated carbocycles. The number of benzene rings is 1. The number of piperidine rings is 1. The summed E-state index contributed by atoms with van der Waals surface area (Å²) in [4.78, 5) is 26.4. The maximum atomic E-state index is 12.4. The third-order valence-electron chi connectivity index (χ3n) is 4.19. The van der Waals surface area contributed by atoms with E-state index in [4.69, 9.17) is 4.42 Å². The molecule has 1 aliphatic rings. The van der Waals surface area contributed by atoms with Gasteiger partial charge in [-0.25, -0.2) is 0 Å². The molecule has 0 unspecified atom stereocenters. The zero-order valence-electron chi connectivity index (χ0n) is 12.9. The van der Waals surface area contributed by atoms with Gasteiger partial charge in [0.25, 0.3) is 5.91 Å². The van der Waals surface area contributed by atoms with E-state index < -0.39 is 0 Å². The van der Waals surface area contributed by atoms with Crippen molar-refractivity contribution in [2.45, 2.75) is 19.4 Å². The Balaban J connectivity index is 1.48. The van der Waals surface area contributed by atoms with Crippen LogP contribution >= 0.6 is 0 Å². The summed E-state index contributed by atoms with van der Waals surface area (Å²) >= 11 is 0. The molecule has 5 nitrogen and oxygen atoms in total.